The first-order valence-corrected chi connectivity index (χ1v) is 25.1. The minimum Gasteiger partial charge on any atom is -0.462 e. The van der Waals surface area contributed by atoms with Crippen LogP contribution in [0, 0.1) is 5.92 Å². The van der Waals surface area contributed by atoms with Gasteiger partial charge in [0.15, 0.2) is 6.10 Å². The Balaban J connectivity index is 4.38. The summed E-state index contributed by atoms with van der Waals surface area (Å²) in [6.45, 7) is 4.54. The van der Waals surface area contributed by atoms with Crippen LogP contribution in [0.15, 0.2) is 48.6 Å². The molecule has 0 fully saturated rings. The number of allylic oxidation sites excluding steroid dienone is 6. The Hall–Kier alpha value is -2.11. The zero-order valence-corrected chi connectivity index (χ0v) is 38.8. The summed E-state index contributed by atoms with van der Waals surface area (Å²) in [4.78, 5) is 35.1. The highest BCUT2D eigenvalue weighted by atomic mass is 31.2. The number of carbonyl (C=O) groups excluding carboxylic acids is 2. The van der Waals surface area contributed by atoms with E-state index in [9.17, 15) is 29.3 Å². The number of phosphoric ester groups is 1. The second-order valence-corrected chi connectivity index (χ2v) is 17.9. The summed E-state index contributed by atoms with van der Waals surface area (Å²) in [6.07, 6.45) is 41.1. The molecule has 0 aliphatic rings. The molecule has 0 rings (SSSR count). The molecular formula is C48H87O11P. The van der Waals surface area contributed by atoms with Gasteiger partial charge in [-0.15, -0.1) is 0 Å². The second kappa shape index (κ2) is 42.2. The van der Waals surface area contributed by atoms with Crippen molar-refractivity contribution in [3.8, 4) is 0 Å². The molecule has 0 bridgehead atoms. The Kier molecular flexibility index (Phi) is 40.7. The minimum absolute atomic E-state index is 0.0494. The molecule has 0 aliphatic carbocycles. The molecule has 0 heterocycles. The monoisotopic (exact) mass is 871 g/mol. The van der Waals surface area contributed by atoms with Gasteiger partial charge in [-0.3, -0.25) is 18.6 Å². The van der Waals surface area contributed by atoms with Gasteiger partial charge in [0.05, 0.1) is 25.9 Å². The normalized spacial score (nSPS) is 14.8. The summed E-state index contributed by atoms with van der Waals surface area (Å²) < 4.78 is 32.7. The molecule has 60 heavy (non-hydrogen) atoms. The fraction of sp³-hybridized carbons (Fsp3) is 0.792. The van der Waals surface area contributed by atoms with E-state index in [1.54, 1.807) is 18.2 Å². The van der Waals surface area contributed by atoms with Gasteiger partial charge in [0, 0.05) is 12.8 Å². The van der Waals surface area contributed by atoms with E-state index in [4.69, 9.17) is 19.1 Å². The fourth-order valence-electron chi connectivity index (χ4n) is 6.31. The van der Waals surface area contributed by atoms with Crippen molar-refractivity contribution >= 4 is 19.8 Å². The van der Waals surface area contributed by atoms with Crippen molar-refractivity contribution in [2.24, 2.45) is 5.92 Å². The molecule has 11 nitrogen and oxygen atoms in total. The Morgan fingerprint density at radius 1 is 0.617 bits per heavy atom. The summed E-state index contributed by atoms with van der Waals surface area (Å²) >= 11 is 0. The average Bonchev–Trinajstić information content (AvgIpc) is 3.22. The minimum atomic E-state index is -4.66. The Morgan fingerprint density at radius 3 is 1.77 bits per heavy atom. The third kappa shape index (κ3) is 42.6. The van der Waals surface area contributed by atoms with Gasteiger partial charge in [0.2, 0.25) is 0 Å². The summed E-state index contributed by atoms with van der Waals surface area (Å²) in [5.41, 5.74) is 0. The van der Waals surface area contributed by atoms with Crippen molar-refractivity contribution in [3.05, 3.63) is 48.6 Å². The largest absolute Gasteiger partial charge is 0.472 e. The molecule has 0 saturated carbocycles. The van der Waals surface area contributed by atoms with Crippen LogP contribution in [0.1, 0.15) is 194 Å². The maximum Gasteiger partial charge on any atom is 0.472 e. The van der Waals surface area contributed by atoms with Crippen LogP contribution >= 0.6 is 7.82 Å². The number of unbranched alkanes of at least 4 members (excludes halogenated alkanes) is 19. The number of rotatable bonds is 43. The molecule has 0 radical (unpaired) electrons. The average molecular weight is 871 g/mol. The molecule has 0 amide bonds. The van der Waals surface area contributed by atoms with Gasteiger partial charge in [0.1, 0.15) is 12.7 Å². The lowest BCUT2D eigenvalue weighted by Gasteiger charge is -2.20. The maximum absolute atomic E-state index is 12.6. The lowest BCUT2D eigenvalue weighted by Crippen LogP contribution is -2.29. The van der Waals surface area contributed by atoms with E-state index >= 15 is 0 Å². The quantitative estimate of drug-likeness (QED) is 0.0151. The number of hydrogen-bond acceptors (Lipinski definition) is 10. The van der Waals surface area contributed by atoms with Crippen LogP contribution in [-0.2, 0) is 32.7 Å². The van der Waals surface area contributed by atoms with Crippen LogP contribution in [0.3, 0.4) is 0 Å². The van der Waals surface area contributed by atoms with Crippen molar-refractivity contribution in [2.75, 3.05) is 26.4 Å². The number of ether oxygens (including phenoxy) is 2. The second-order valence-electron chi connectivity index (χ2n) is 16.5. The van der Waals surface area contributed by atoms with Crippen molar-refractivity contribution < 1.29 is 52.9 Å². The number of phosphoric acid groups is 1. The van der Waals surface area contributed by atoms with Crippen LogP contribution in [-0.4, -0.2) is 76.9 Å². The lowest BCUT2D eigenvalue weighted by atomic mass is 10.0. The van der Waals surface area contributed by atoms with Gasteiger partial charge in [0.25, 0.3) is 0 Å². The highest BCUT2D eigenvalue weighted by Gasteiger charge is 2.27. The standard InChI is InChI=1S/C48H87O11P/c1-4-5-6-7-8-17-21-25-30-35-44(50)36-31-26-23-28-33-38-48(53)59-46(42-58-60(54,55)57-40-45(51)39-49)41-56-47(52)37-32-27-22-19-16-14-12-10-9-11-13-15-18-20-24-29-34-43(2)3/h8,17,23,25-26,30-31,36,43-46,49-51H,4-7,9-16,18-22,24,27-29,32-35,37-42H2,1-3H3,(H,54,55)/b17-8-,26-23+,30-25-,36-31-/t44?,45-,46+/m0/s1. The van der Waals surface area contributed by atoms with Crippen molar-refractivity contribution in [1.82, 2.24) is 0 Å². The van der Waals surface area contributed by atoms with Crippen LogP contribution in [0.2, 0.25) is 0 Å². The van der Waals surface area contributed by atoms with Gasteiger partial charge in [-0.05, 0) is 50.9 Å². The van der Waals surface area contributed by atoms with E-state index in [1.807, 2.05) is 18.2 Å². The molecule has 350 valence electrons. The predicted octanol–water partition coefficient (Wildman–Crippen LogP) is 11.7. The first-order valence-electron chi connectivity index (χ1n) is 23.6. The van der Waals surface area contributed by atoms with Crippen molar-refractivity contribution in [3.63, 3.8) is 0 Å². The predicted molar refractivity (Wildman–Crippen MR) is 243 cm³/mol. The van der Waals surface area contributed by atoms with Crippen molar-refractivity contribution in [2.45, 2.75) is 212 Å². The molecule has 0 aromatic carbocycles. The van der Waals surface area contributed by atoms with E-state index in [2.05, 4.69) is 37.4 Å². The molecule has 4 N–H and O–H groups in total. The first kappa shape index (κ1) is 57.9. The molecule has 0 spiro atoms. The van der Waals surface area contributed by atoms with Crippen molar-refractivity contribution in [1.29, 1.82) is 0 Å². The van der Waals surface area contributed by atoms with Gasteiger partial charge in [-0.1, -0.05) is 185 Å². The van der Waals surface area contributed by atoms with E-state index in [-0.39, 0.29) is 19.4 Å². The summed E-state index contributed by atoms with van der Waals surface area (Å²) in [5.74, 6) is -0.222. The highest BCUT2D eigenvalue weighted by Crippen LogP contribution is 2.43. The van der Waals surface area contributed by atoms with E-state index in [0.717, 1.165) is 38.0 Å². The Morgan fingerprint density at radius 2 is 1.17 bits per heavy atom. The Bertz CT molecular complexity index is 1170. The number of aliphatic hydroxyl groups is 3. The zero-order valence-electron chi connectivity index (χ0n) is 37.9. The SMILES string of the molecule is CCCCC/C=C\C/C=C\CC(O)/C=C\C=C\CCCC(=O)O[C@H](COC(=O)CCCCCCCCCCCCCCCCCCC(C)C)COP(=O)(O)OC[C@@H](O)CO. The van der Waals surface area contributed by atoms with Gasteiger partial charge < -0.3 is 29.7 Å². The van der Waals surface area contributed by atoms with Gasteiger partial charge in [-0.25, -0.2) is 4.57 Å². The number of aliphatic hydroxyl groups excluding tert-OH is 3. The molecular weight excluding hydrogens is 783 g/mol. The van der Waals surface area contributed by atoms with E-state index < -0.39 is 57.9 Å². The summed E-state index contributed by atoms with van der Waals surface area (Å²) in [5, 5.41) is 28.5. The molecule has 12 heteroatoms. The number of hydrogen-bond donors (Lipinski definition) is 4. The van der Waals surface area contributed by atoms with Gasteiger partial charge in [-0.2, -0.15) is 0 Å². The van der Waals surface area contributed by atoms with E-state index in [0.29, 0.717) is 25.7 Å². The lowest BCUT2D eigenvalue weighted by molar-refractivity contribution is -0.161. The Labute approximate surface area is 365 Å². The smallest absolute Gasteiger partial charge is 0.462 e. The topological polar surface area (TPSA) is 169 Å². The maximum atomic E-state index is 12.6. The van der Waals surface area contributed by atoms with E-state index in [1.165, 1.54) is 103 Å². The fourth-order valence-corrected chi connectivity index (χ4v) is 7.10. The number of esters is 2. The molecule has 4 atom stereocenters. The molecule has 0 aromatic rings. The molecule has 0 aliphatic heterocycles. The van der Waals surface area contributed by atoms with Crippen LogP contribution in [0.5, 0.6) is 0 Å². The van der Waals surface area contributed by atoms with Crippen LogP contribution in [0.25, 0.3) is 0 Å². The molecule has 0 saturated heterocycles. The first-order chi connectivity index (χ1) is 29.0. The highest BCUT2D eigenvalue weighted by molar-refractivity contribution is 7.47. The third-order valence-corrected chi connectivity index (χ3v) is 10.9. The molecule has 2 unspecified atom stereocenters. The van der Waals surface area contributed by atoms with Crippen LogP contribution < -0.4 is 0 Å². The summed E-state index contributed by atoms with van der Waals surface area (Å²) in [7, 11) is -4.66. The molecule has 0 aromatic heterocycles. The summed E-state index contributed by atoms with van der Waals surface area (Å²) in [6, 6.07) is 0. The van der Waals surface area contributed by atoms with Gasteiger partial charge >= 0.3 is 19.8 Å². The van der Waals surface area contributed by atoms with Crippen LogP contribution in [0.4, 0.5) is 0 Å². The zero-order chi connectivity index (χ0) is 44.4. The third-order valence-electron chi connectivity index (χ3n) is 9.99. The number of carbonyl (C=O) groups is 2.